The summed E-state index contributed by atoms with van der Waals surface area (Å²) >= 11 is 0. The Morgan fingerprint density at radius 2 is 1.78 bits per heavy atom. The van der Waals surface area contributed by atoms with Crippen LogP contribution in [0, 0.1) is 0 Å². The second-order valence-electron chi connectivity index (χ2n) is 6.14. The van der Waals surface area contributed by atoms with Gasteiger partial charge in [0.25, 0.3) is 0 Å². The third-order valence-corrected chi connectivity index (χ3v) is 5.02. The predicted octanol–water partition coefficient (Wildman–Crippen LogP) is 3.18. The first kappa shape index (κ1) is 16.0. The first-order chi connectivity index (χ1) is 11.0. The summed E-state index contributed by atoms with van der Waals surface area (Å²) in [6.07, 6.45) is 1.69. The van der Waals surface area contributed by atoms with Gasteiger partial charge in [0.05, 0.1) is 0 Å². The lowest BCUT2D eigenvalue weighted by atomic mass is 9.93. The number of hydrogen-bond acceptors (Lipinski definition) is 4. The van der Waals surface area contributed by atoms with Crippen LogP contribution in [0.3, 0.4) is 0 Å². The highest BCUT2D eigenvalue weighted by Gasteiger charge is 2.23. The van der Waals surface area contributed by atoms with Crippen LogP contribution in [0.5, 0.6) is 11.5 Å². The van der Waals surface area contributed by atoms with Crippen LogP contribution in [0.25, 0.3) is 0 Å². The Morgan fingerprint density at radius 3 is 2.48 bits per heavy atom. The van der Waals surface area contributed by atoms with E-state index < -0.39 is 10.8 Å². The molecule has 0 bridgehead atoms. The van der Waals surface area contributed by atoms with E-state index in [4.69, 9.17) is 9.47 Å². The molecule has 0 aliphatic carbocycles. The summed E-state index contributed by atoms with van der Waals surface area (Å²) < 4.78 is 22.2. The van der Waals surface area contributed by atoms with E-state index in [1.165, 1.54) is 0 Å². The Balaban J connectivity index is 1.69. The number of rotatable bonds is 5. The fourth-order valence-corrected chi connectivity index (χ4v) is 3.03. The lowest BCUT2D eigenvalue weighted by Gasteiger charge is -2.27. The third-order valence-electron chi connectivity index (χ3n) is 4.08. The lowest BCUT2D eigenvalue weighted by molar-refractivity contribution is 0.174. The van der Waals surface area contributed by atoms with Crippen molar-refractivity contribution in [1.82, 2.24) is 5.32 Å². The molecule has 1 aliphatic heterocycles. The van der Waals surface area contributed by atoms with Crippen molar-refractivity contribution in [2.24, 2.45) is 0 Å². The van der Waals surface area contributed by atoms with Gasteiger partial charge in [0.2, 0.25) is 6.79 Å². The van der Waals surface area contributed by atoms with Crippen LogP contribution < -0.4 is 14.8 Å². The highest BCUT2D eigenvalue weighted by Crippen LogP contribution is 2.35. The molecule has 0 fully saturated rings. The average molecular weight is 331 g/mol. The summed E-state index contributed by atoms with van der Waals surface area (Å²) in [7, 11) is -0.934. The molecule has 2 aromatic rings. The molecule has 122 valence electrons. The van der Waals surface area contributed by atoms with Gasteiger partial charge in [0, 0.05) is 34.0 Å². The van der Waals surface area contributed by atoms with Gasteiger partial charge in [0.1, 0.15) is 0 Å². The van der Waals surface area contributed by atoms with Crippen LogP contribution in [0.1, 0.15) is 25.0 Å². The minimum absolute atomic E-state index is 0.201. The Kier molecular flexibility index (Phi) is 4.41. The van der Waals surface area contributed by atoms with E-state index in [0.717, 1.165) is 34.1 Å². The van der Waals surface area contributed by atoms with E-state index in [9.17, 15) is 4.21 Å². The molecule has 5 heteroatoms. The van der Waals surface area contributed by atoms with E-state index in [2.05, 4.69) is 25.2 Å². The first-order valence-electron chi connectivity index (χ1n) is 7.53. The van der Waals surface area contributed by atoms with Gasteiger partial charge >= 0.3 is 0 Å². The van der Waals surface area contributed by atoms with Gasteiger partial charge in [-0.15, -0.1) is 0 Å². The molecule has 0 saturated carbocycles. The average Bonchev–Trinajstić information content (AvgIpc) is 3.01. The largest absolute Gasteiger partial charge is 0.454 e. The fourth-order valence-electron chi connectivity index (χ4n) is 2.51. The molecular weight excluding hydrogens is 310 g/mol. The minimum Gasteiger partial charge on any atom is -0.454 e. The van der Waals surface area contributed by atoms with E-state index in [1.54, 1.807) is 6.26 Å². The zero-order chi connectivity index (χ0) is 16.4. The molecule has 1 atom stereocenters. The van der Waals surface area contributed by atoms with E-state index in [1.807, 2.05) is 36.4 Å². The van der Waals surface area contributed by atoms with Crippen LogP contribution in [0.2, 0.25) is 0 Å². The predicted molar refractivity (Wildman–Crippen MR) is 91.2 cm³/mol. The zero-order valence-electron chi connectivity index (χ0n) is 13.6. The summed E-state index contributed by atoms with van der Waals surface area (Å²) in [5, 5.41) is 3.56. The number of nitrogens with one attached hydrogen (secondary N) is 1. The highest BCUT2D eigenvalue weighted by molar-refractivity contribution is 7.84. The summed E-state index contributed by atoms with van der Waals surface area (Å²) in [6, 6.07) is 13.9. The molecule has 23 heavy (non-hydrogen) atoms. The Morgan fingerprint density at radius 1 is 1.09 bits per heavy atom. The van der Waals surface area contributed by atoms with Gasteiger partial charge in [-0.05, 0) is 49.2 Å². The van der Waals surface area contributed by atoms with Crippen molar-refractivity contribution in [3.8, 4) is 11.5 Å². The maximum Gasteiger partial charge on any atom is 0.231 e. The second-order valence-corrected chi connectivity index (χ2v) is 7.52. The first-order valence-corrected chi connectivity index (χ1v) is 9.09. The van der Waals surface area contributed by atoms with Gasteiger partial charge < -0.3 is 14.8 Å². The van der Waals surface area contributed by atoms with Crippen molar-refractivity contribution < 1.29 is 13.7 Å². The van der Waals surface area contributed by atoms with Crippen molar-refractivity contribution >= 4 is 10.8 Å². The van der Waals surface area contributed by atoms with Crippen LogP contribution in [-0.2, 0) is 22.9 Å². The van der Waals surface area contributed by atoms with Crippen LogP contribution in [-0.4, -0.2) is 17.3 Å². The Bertz CT molecular complexity index is 726. The van der Waals surface area contributed by atoms with Gasteiger partial charge in [-0.2, -0.15) is 0 Å². The normalized spacial score (nSPS) is 14.7. The molecule has 1 N–H and O–H groups in total. The van der Waals surface area contributed by atoms with Crippen molar-refractivity contribution in [1.29, 1.82) is 0 Å². The van der Waals surface area contributed by atoms with Crippen LogP contribution >= 0.6 is 0 Å². The minimum atomic E-state index is -0.934. The number of ether oxygens (including phenoxy) is 2. The molecule has 0 radical (unpaired) electrons. The molecule has 3 rings (SSSR count). The second kappa shape index (κ2) is 6.34. The summed E-state index contributed by atoms with van der Waals surface area (Å²) in [6.45, 7) is 5.30. The highest BCUT2D eigenvalue weighted by atomic mass is 32.2. The van der Waals surface area contributed by atoms with Crippen molar-refractivity contribution in [3.63, 3.8) is 0 Å². The SMILES string of the molecule is C[S@@](=O)c1ccc(CNC(C)(C)c2ccc3c(c2)OCO3)cc1. The zero-order valence-corrected chi connectivity index (χ0v) is 14.4. The molecule has 0 aromatic heterocycles. The molecule has 0 amide bonds. The van der Waals surface area contributed by atoms with Crippen LogP contribution in [0.15, 0.2) is 47.4 Å². The quantitative estimate of drug-likeness (QED) is 0.914. The Labute approximate surface area is 139 Å². The monoisotopic (exact) mass is 331 g/mol. The summed E-state index contributed by atoms with van der Waals surface area (Å²) in [5.41, 5.74) is 2.11. The summed E-state index contributed by atoms with van der Waals surface area (Å²) in [4.78, 5) is 0.851. The molecule has 1 aliphatic rings. The number of fused-ring (bicyclic) bond motifs is 1. The summed E-state index contributed by atoms with van der Waals surface area (Å²) in [5.74, 6) is 1.60. The maximum atomic E-state index is 11.4. The smallest absolute Gasteiger partial charge is 0.231 e. The fraction of sp³-hybridized carbons (Fsp3) is 0.333. The van der Waals surface area contributed by atoms with Gasteiger partial charge in [-0.25, -0.2) is 0 Å². The van der Waals surface area contributed by atoms with Gasteiger partial charge in [0.15, 0.2) is 11.5 Å². The molecule has 4 nitrogen and oxygen atoms in total. The van der Waals surface area contributed by atoms with E-state index in [0.29, 0.717) is 0 Å². The van der Waals surface area contributed by atoms with E-state index >= 15 is 0 Å². The molecule has 0 spiro atoms. The molecule has 1 heterocycles. The molecule has 2 aromatic carbocycles. The van der Waals surface area contributed by atoms with Crippen molar-refractivity contribution in [2.75, 3.05) is 13.0 Å². The Hall–Kier alpha value is -1.85. The number of hydrogen-bond donors (Lipinski definition) is 1. The maximum absolute atomic E-state index is 11.4. The van der Waals surface area contributed by atoms with E-state index in [-0.39, 0.29) is 12.3 Å². The van der Waals surface area contributed by atoms with Crippen molar-refractivity contribution in [3.05, 3.63) is 53.6 Å². The number of benzene rings is 2. The van der Waals surface area contributed by atoms with Gasteiger partial charge in [-0.3, -0.25) is 4.21 Å². The molecular formula is C18H21NO3S. The lowest BCUT2D eigenvalue weighted by Crippen LogP contribution is -2.35. The standard InChI is InChI=1S/C18H21NO3S/c1-18(2,14-6-9-16-17(10-14)22-12-21-16)19-11-13-4-7-15(8-5-13)23(3)20/h4-10,19H,11-12H2,1-3H3/t23-/m1/s1. The molecule has 0 saturated heterocycles. The van der Waals surface area contributed by atoms with Gasteiger partial charge in [-0.1, -0.05) is 18.2 Å². The van der Waals surface area contributed by atoms with Crippen LogP contribution in [0.4, 0.5) is 0 Å². The van der Waals surface area contributed by atoms with Crippen molar-refractivity contribution in [2.45, 2.75) is 30.8 Å². The third kappa shape index (κ3) is 3.57. The molecule has 0 unspecified atom stereocenters. The topological polar surface area (TPSA) is 47.6 Å².